The Labute approximate surface area is 215 Å². The highest BCUT2D eigenvalue weighted by Crippen LogP contribution is 2.37. The van der Waals surface area contributed by atoms with Gasteiger partial charge in [0, 0.05) is 16.0 Å². The van der Waals surface area contributed by atoms with Gasteiger partial charge in [-0.1, -0.05) is 68.9 Å². The van der Waals surface area contributed by atoms with Crippen LogP contribution in [0.3, 0.4) is 0 Å². The second-order valence-electron chi connectivity index (χ2n) is 8.82. The third-order valence-electron chi connectivity index (χ3n) is 5.14. The van der Waals surface area contributed by atoms with Crippen LogP contribution < -0.4 is 4.74 Å². The van der Waals surface area contributed by atoms with E-state index in [1.54, 1.807) is 30.2 Å². The van der Waals surface area contributed by atoms with Crippen molar-refractivity contribution in [2.24, 2.45) is 0 Å². The summed E-state index contributed by atoms with van der Waals surface area (Å²) in [6.45, 7) is 6.50. The average Bonchev–Trinajstić information content (AvgIpc) is 2.77. The molecule has 0 aromatic heterocycles. The summed E-state index contributed by atoms with van der Waals surface area (Å²) in [7, 11) is -1.12. The molecule has 0 bridgehead atoms. The maximum absolute atomic E-state index is 12.5. The molecule has 1 unspecified atom stereocenters. The van der Waals surface area contributed by atoms with Gasteiger partial charge in [-0.05, 0) is 70.3 Å². The highest BCUT2D eigenvalue weighted by atomic mass is 32.2. The molecule has 0 fully saturated rings. The van der Waals surface area contributed by atoms with E-state index in [1.165, 1.54) is 29.5 Å². The van der Waals surface area contributed by atoms with Crippen molar-refractivity contribution in [1.29, 1.82) is 0 Å². The van der Waals surface area contributed by atoms with Gasteiger partial charge < -0.3 is 4.74 Å². The Balaban J connectivity index is 2.00. The third-order valence-corrected chi connectivity index (χ3v) is 8.63. The lowest BCUT2D eigenvalue weighted by Crippen LogP contribution is -2.16. The summed E-state index contributed by atoms with van der Waals surface area (Å²) >= 11 is 3.04. The van der Waals surface area contributed by atoms with E-state index in [0.717, 1.165) is 30.7 Å². The van der Waals surface area contributed by atoms with E-state index < -0.39 is 17.2 Å². The highest BCUT2D eigenvalue weighted by molar-refractivity contribution is 8.16. The van der Waals surface area contributed by atoms with Crippen LogP contribution in [0.1, 0.15) is 31.9 Å². The normalized spacial score (nSPS) is 13.5. The molecule has 3 rings (SSSR count). The second-order valence-corrected chi connectivity index (χ2v) is 12.4. The van der Waals surface area contributed by atoms with Gasteiger partial charge >= 0.3 is 6.36 Å². The molecular formula is C27H27F3O2S3. The molecule has 8 heteroatoms. The van der Waals surface area contributed by atoms with E-state index in [9.17, 15) is 17.4 Å². The first kappa shape index (κ1) is 27.4. The van der Waals surface area contributed by atoms with E-state index in [1.807, 2.05) is 30.5 Å². The molecule has 2 nitrogen and oxygen atoms in total. The molecule has 0 N–H and O–H groups in total. The Bertz CT molecular complexity index is 1210. The predicted octanol–water partition coefficient (Wildman–Crippen LogP) is 8.74. The molecule has 0 aliphatic heterocycles. The molecule has 3 aromatic carbocycles. The Hall–Kier alpha value is -2.16. The monoisotopic (exact) mass is 536 g/mol. The summed E-state index contributed by atoms with van der Waals surface area (Å²) < 4.78 is 54.4. The molecule has 0 aliphatic rings. The third kappa shape index (κ3) is 7.92. The van der Waals surface area contributed by atoms with Crippen LogP contribution in [-0.4, -0.2) is 23.1 Å². The molecule has 1 atom stereocenters. The molecule has 0 aliphatic carbocycles. The van der Waals surface area contributed by atoms with E-state index >= 15 is 0 Å². The lowest BCUT2D eigenvalue weighted by Gasteiger charge is -2.19. The predicted molar refractivity (Wildman–Crippen MR) is 143 cm³/mol. The Morgan fingerprint density at radius 3 is 2.03 bits per heavy atom. The maximum atomic E-state index is 12.5. The van der Waals surface area contributed by atoms with Gasteiger partial charge in [-0.2, -0.15) is 0 Å². The van der Waals surface area contributed by atoms with Crippen molar-refractivity contribution in [3.05, 3.63) is 82.1 Å². The number of rotatable bonds is 7. The molecule has 35 heavy (non-hydrogen) atoms. The van der Waals surface area contributed by atoms with E-state index in [0.29, 0.717) is 0 Å². The minimum Gasteiger partial charge on any atom is -0.406 e. The van der Waals surface area contributed by atoms with Crippen LogP contribution in [0.4, 0.5) is 13.2 Å². The van der Waals surface area contributed by atoms with E-state index in [4.69, 9.17) is 0 Å². The molecule has 0 saturated carbocycles. The van der Waals surface area contributed by atoms with E-state index in [-0.39, 0.29) is 11.2 Å². The molecule has 3 aromatic rings. The standard InChI is InChI=1S/C27H27F3O2S3/c1-26(2,3)21-10-14-23(15-11-21)34-24-16-19(6-7-20(24)17-25(33-4)35(5)31)18-8-12-22(13-9-18)32-27(28,29)30/h6-17H,1-5H3/b25-17+. The van der Waals surface area contributed by atoms with Gasteiger partial charge in [0.15, 0.2) is 0 Å². The Morgan fingerprint density at radius 1 is 0.914 bits per heavy atom. The Morgan fingerprint density at radius 2 is 1.51 bits per heavy atom. The molecule has 0 heterocycles. The van der Waals surface area contributed by atoms with Gasteiger partial charge in [0.05, 0.1) is 15.0 Å². The number of alkyl halides is 3. The van der Waals surface area contributed by atoms with Crippen molar-refractivity contribution in [2.75, 3.05) is 12.5 Å². The van der Waals surface area contributed by atoms with Crippen LogP contribution in [0.2, 0.25) is 0 Å². The fourth-order valence-corrected chi connectivity index (χ4v) is 5.74. The number of thioether (sulfide) groups is 1. The summed E-state index contributed by atoms with van der Waals surface area (Å²) in [4.78, 5) is 2.01. The van der Waals surface area contributed by atoms with Crippen LogP contribution in [0.25, 0.3) is 17.2 Å². The zero-order valence-electron chi connectivity index (χ0n) is 20.1. The zero-order chi connectivity index (χ0) is 25.8. The molecule has 186 valence electrons. The van der Waals surface area contributed by atoms with Crippen LogP contribution in [-0.2, 0) is 16.2 Å². The van der Waals surface area contributed by atoms with Crippen LogP contribution in [0.15, 0.2) is 80.8 Å². The summed E-state index contributed by atoms with van der Waals surface area (Å²) in [5.74, 6) is -0.260. The van der Waals surface area contributed by atoms with Gasteiger partial charge in [-0.25, -0.2) is 0 Å². The first-order valence-corrected chi connectivity index (χ1v) is 14.3. The quantitative estimate of drug-likeness (QED) is 0.302. The summed E-state index contributed by atoms with van der Waals surface area (Å²) in [6.07, 6.45) is 0.746. The van der Waals surface area contributed by atoms with Crippen LogP contribution in [0, 0.1) is 0 Å². The number of hydrogen-bond acceptors (Lipinski definition) is 4. The SMILES string of the molecule is CS/C(=C\c1ccc(-c2ccc(OC(F)(F)F)cc2)cc1Sc1ccc(C(C)(C)C)cc1)S(C)=O. The first-order chi connectivity index (χ1) is 16.4. The average molecular weight is 537 g/mol. The summed E-state index contributed by atoms with van der Waals surface area (Å²) in [5, 5.41) is 0. The number of halogens is 3. The van der Waals surface area contributed by atoms with Gasteiger partial charge in [0.25, 0.3) is 0 Å². The van der Waals surface area contributed by atoms with Crippen molar-refractivity contribution in [1.82, 2.24) is 0 Å². The molecule has 0 saturated heterocycles. The highest BCUT2D eigenvalue weighted by Gasteiger charge is 2.31. The van der Waals surface area contributed by atoms with Gasteiger partial charge in [-0.3, -0.25) is 4.21 Å². The lowest BCUT2D eigenvalue weighted by atomic mass is 9.87. The topological polar surface area (TPSA) is 26.3 Å². The first-order valence-electron chi connectivity index (χ1n) is 10.7. The number of hydrogen-bond donors (Lipinski definition) is 0. The van der Waals surface area contributed by atoms with Gasteiger partial charge in [-0.15, -0.1) is 24.9 Å². The molecule has 0 amide bonds. The molecule has 0 radical (unpaired) electrons. The smallest absolute Gasteiger partial charge is 0.406 e. The van der Waals surface area contributed by atoms with Crippen LogP contribution >= 0.6 is 23.5 Å². The van der Waals surface area contributed by atoms with Crippen LogP contribution in [0.5, 0.6) is 5.75 Å². The fraction of sp³-hybridized carbons (Fsp3) is 0.259. The number of ether oxygens (including phenoxy) is 1. The zero-order valence-corrected chi connectivity index (χ0v) is 22.6. The molecule has 0 spiro atoms. The largest absolute Gasteiger partial charge is 0.573 e. The molecular weight excluding hydrogens is 509 g/mol. The summed E-state index contributed by atoms with van der Waals surface area (Å²) in [6, 6.07) is 20.1. The minimum absolute atomic E-state index is 0.0530. The van der Waals surface area contributed by atoms with Crippen molar-refractivity contribution >= 4 is 40.4 Å². The van der Waals surface area contributed by atoms with Gasteiger partial charge in [0.2, 0.25) is 0 Å². The van der Waals surface area contributed by atoms with Crippen molar-refractivity contribution in [3.63, 3.8) is 0 Å². The lowest BCUT2D eigenvalue weighted by molar-refractivity contribution is -0.274. The Kier molecular flexibility index (Phi) is 8.83. The summed E-state index contributed by atoms with van der Waals surface area (Å²) in [5.41, 5.74) is 3.84. The minimum atomic E-state index is -4.73. The van der Waals surface area contributed by atoms with Crippen molar-refractivity contribution < 1.29 is 22.1 Å². The van der Waals surface area contributed by atoms with E-state index in [2.05, 4.69) is 49.8 Å². The van der Waals surface area contributed by atoms with Crippen molar-refractivity contribution in [2.45, 2.75) is 42.3 Å². The fourth-order valence-electron chi connectivity index (χ4n) is 3.31. The second kappa shape index (κ2) is 11.3. The number of benzene rings is 3. The van der Waals surface area contributed by atoms with Crippen molar-refractivity contribution in [3.8, 4) is 16.9 Å². The van der Waals surface area contributed by atoms with Gasteiger partial charge in [0.1, 0.15) is 5.75 Å². The maximum Gasteiger partial charge on any atom is 0.573 e.